The molecular weight excluding hydrogens is 631 g/mol. The second kappa shape index (κ2) is 12.4. The Morgan fingerprint density at radius 2 is 0.885 bits per heavy atom. The maximum absolute atomic E-state index is 5.20. The Morgan fingerprint density at radius 1 is 0.327 bits per heavy atom. The van der Waals surface area contributed by atoms with Crippen molar-refractivity contribution in [2.45, 2.75) is 0 Å². The lowest BCUT2D eigenvalue weighted by Gasteiger charge is -2.14. The lowest BCUT2D eigenvalue weighted by Crippen LogP contribution is -1.96. The van der Waals surface area contributed by atoms with Crippen LogP contribution in [0.1, 0.15) is 0 Å². The summed E-state index contributed by atoms with van der Waals surface area (Å²) < 4.78 is 0. The van der Waals surface area contributed by atoms with Gasteiger partial charge in [-0.25, -0.2) is 9.97 Å². The first-order chi connectivity index (χ1) is 25.7. The fourth-order valence-electron chi connectivity index (χ4n) is 7.54. The number of hydrogen-bond donors (Lipinski definition) is 0. The number of benzene rings is 8. The highest BCUT2D eigenvalue weighted by Crippen LogP contribution is 2.40. The maximum Gasteiger partial charge on any atom is 0.160 e. The van der Waals surface area contributed by atoms with Gasteiger partial charge in [0.05, 0.1) is 11.4 Å². The first-order valence-corrected chi connectivity index (χ1v) is 17.6. The van der Waals surface area contributed by atoms with Crippen molar-refractivity contribution in [2.24, 2.45) is 0 Å². The van der Waals surface area contributed by atoms with Crippen molar-refractivity contribution < 1.29 is 0 Å². The monoisotopic (exact) mass is 661 g/mol. The Morgan fingerprint density at radius 3 is 1.58 bits per heavy atom. The van der Waals surface area contributed by atoms with Gasteiger partial charge in [0, 0.05) is 34.6 Å². The average molecular weight is 662 g/mol. The molecule has 0 atom stereocenters. The SMILES string of the molecule is c1ccc(-c2cccc(-c3cc(-c4cccc(-c5cccnc5)c4)nc(-c4ccc(-c5ccc6ccc7cccc8ccc5c6c78)cc4)n3)c2)cc1. The molecule has 2 aromatic heterocycles. The second-order valence-electron chi connectivity index (χ2n) is 13.3. The van der Waals surface area contributed by atoms with Crippen LogP contribution < -0.4 is 0 Å². The molecule has 52 heavy (non-hydrogen) atoms. The molecule has 2 heterocycles. The van der Waals surface area contributed by atoms with Gasteiger partial charge in [-0.2, -0.15) is 0 Å². The molecule has 0 aliphatic heterocycles. The van der Waals surface area contributed by atoms with E-state index in [1.54, 1.807) is 6.20 Å². The van der Waals surface area contributed by atoms with E-state index in [0.29, 0.717) is 5.82 Å². The summed E-state index contributed by atoms with van der Waals surface area (Å²) in [7, 11) is 0. The predicted molar refractivity (Wildman–Crippen MR) is 216 cm³/mol. The van der Waals surface area contributed by atoms with Crippen LogP contribution in [0, 0.1) is 0 Å². The zero-order chi connectivity index (χ0) is 34.4. The van der Waals surface area contributed by atoms with Crippen LogP contribution in [0.5, 0.6) is 0 Å². The van der Waals surface area contributed by atoms with Crippen molar-refractivity contribution in [1.82, 2.24) is 15.0 Å². The van der Waals surface area contributed by atoms with Crippen molar-refractivity contribution in [1.29, 1.82) is 0 Å². The van der Waals surface area contributed by atoms with Crippen LogP contribution in [0.25, 0.3) is 99.6 Å². The number of rotatable bonds is 6. The third kappa shape index (κ3) is 5.28. The standard InChI is InChI=1S/C49H31N3/c1-2-8-32(9-3-1)38-12-5-14-40(28-38)45-30-46(41-15-6-13-39(29-41)42-16-7-27-50-31-42)52-49(51-45)37-21-17-33(18-22-37)43-25-23-36-20-19-34-10-4-11-35-24-26-44(43)48(36)47(34)35/h1-31H. The molecule has 0 amide bonds. The molecule has 3 heteroatoms. The van der Waals surface area contributed by atoms with Crippen LogP contribution in [0.4, 0.5) is 0 Å². The molecule has 0 aliphatic carbocycles. The average Bonchev–Trinajstić information content (AvgIpc) is 3.23. The Balaban J connectivity index is 1.09. The van der Waals surface area contributed by atoms with Crippen LogP contribution in [0.3, 0.4) is 0 Å². The number of aromatic nitrogens is 3. The summed E-state index contributed by atoms with van der Waals surface area (Å²) in [5, 5.41) is 7.73. The first kappa shape index (κ1) is 29.9. The van der Waals surface area contributed by atoms with E-state index in [1.807, 2.05) is 18.3 Å². The fourth-order valence-corrected chi connectivity index (χ4v) is 7.54. The third-order valence-electron chi connectivity index (χ3n) is 10.1. The molecule has 0 saturated carbocycles. The van der Waals surface area contributed by atoms with E-state index in [4.69, 9.17) is 9.97 Å². The molecule has 3 nitrogen and oxygen atoms in total. The summed E-state index contributed by atoms with van der Waals surface area (Å²) in [5.74, 6) is 0.686. The molecule has 0 fully saturated rings. The van der Waals surface area contributed by atoms with Crippen molar-refractivity contribution in [2.75, 3.05) is 0 Å². The molecule has 8 aromatic carbocycles. The molecule has 0 unspecified atom stereocenters. The smallest absolute Gasteiger partial charge is 0.160 e. The van der Waals surface area contributed by atoms with Gasteiger partial charge in [0.15, 0.2) is 5.82 Å². The summed E-state index contributed by atoms with van der Waals surface area (Å²) in [6.07, 6.45) is 3.70. The van der Waals surface area contributed by atoms with Crippen LogP contribution in [0.2, 0.25) is 0 Å². The minimum absolute atomic E-state index is 0.686. The highest BCUT2D eigenvalue weighted by molar-refractivity contribution is 6.25. The van der Waals surface area contributed by atoms with Crippen LogP contribution >= 0.6 is 0 Å². The number of nitrogens with zero attached hydrogens (tertiary/aromatic N) is 3. The zero-order valence-corrected chi connectivity index (χ0v) is 28.2. The van der Waals surface area contributed by atoms with Crippen LogP contribution in [-0.4, -0.2) is 15.0 Å². The minimum atomic E-state index is 0.686. The van der Waals surface area contributed by atoms with E-state index in [-0.39, 0.29) is 0 Å². The van der Waals surface area contributed by atoms with Gasteiger partial charge in [-0.15, -0.1) is 0 Å². The highest BCUT2D eigenvalue weighted by Gasteiger charge is 2.15. The maximum atomic E-state index is 5.20. The first-order valence-electron chi connectivity index (χ1n) is 17.6. The van der Waals surface area contributed by atoms with Gasteiger partial charge in [0.1, 0.15) is 0 Å². The summed E-state index contributed by atoms with van der Waals surface area (Å²) in [5.41, 5.74) is 11.6. The molecule has 10 aromatic rings. The molecule has 0 bridgehead atoms. The quantitative estimate of drug-likeness (QED) is 0.166. The second-order valence-corrected chi connectivity index (χ2v) is 13.3. The van der Waals surface area contributed by atoms with Gasteiger partial charge in [-0.3, -0.25) is 4.98 Å². The minimum Gasteiger partial charge on any atom is -0.264 e. The van der Waals surface area contributed by atoms with Crippen LogP contribution in [0.15, 0.2) is 188 Å². The van der Waals surface area contributed by atoms with E-state index in [9.17, 15) is 0 Å². The van der Waals surface area contributed by atoms with Gasteiger partial charge < -0.3 is 0 Å². The van der Waals surface area contributed by atoms with E-state index in [2.05, 4.69) is 169 Å². The molecule has 0 saturated heterocycles. The van der Waals surface area contributed by atoms with Gasteiger partial charge in [-0.1, -0.05) is 152 Å². The van der Waals surface area contributed by atoms with Crippen molar-refractivity contribution in [3.05, 3.63) is 188 Å². The highest BCUT2D eigenvalue weighted by atomic mass is 14.9. The Hall–Kier alpha value is -6.97. The van der Waals surface area contributed by atoms with Crippen molar-refractivity contribution in [3.63, 3.8) is 0 Å². The van der Waals surface area contributed by atoms with Gasteiger partial charge in [-0.05, 0) is 84.4 Å². The molecule has 10 rings (SSSR count). The zero-order valence-electron chi connectivity index (χ0n) is 28.2. The fraction of sp³-hybridized carbons (Fsp3) is 0. The normalized spacial score (nSPS) is 11.5. The van der Waals surface area contributed by atoms with Gasteiger partial charge >= 0.3 is 0 Å². The number of hydrogen-bond acceptors (Lipinski definition) is 3. The molecule has 0 spiro atoms. The third-order valence-corrected chi connectivity index (χ3v) is 10.1. The number of pyridine rings is 1. The predicted octanol–water partition coefficient (Wildman–Crippen LogP) is 12.8. The molecule has 242 valence electrons. The van der Waals surface area contributed by atoms with Gasteiger partial charge in [0.25, 0.3) is 0 Å². The molecular formula is C49H31N3. The van der Waals surface area contributed by atoms with E-state index in [0.717, 1.165) is 50.3 Å². The largest absolute Gasteiger partial charge is 0.264 e. The summed E-state index contributed by atoms with van der Waals surface area (Å²) >= 11 is 0. The summed E-state index contributed by atoms with van der Waals surface area (Å²) in [6.45, 7) is 0. The summed E-state index contributed by atoms with van der Waals surface area (Å²) in [6, 6.07) is 62.5. The molecule has 0 aliphatic rings. The Labute approximate surface area is 301 Å². The van der Waals surface area contributed by atoms with E-state index >= 15 is 0 Å². The van der Waals surface area contributed by atoms with Crippen molar-refractivity contribution in [3.8, 4) is 67.3 Å². The van der Waals surface area contributed by atoms with E-state index in [1.165, 1.54) is 43.4 Å². The van der Waals surface area contributed by atoms with E-state index < -0.39 is 0 Å². The van der Waals surface area contributed by atoms with Crippen LogP contribution in [-0.2, 0) is 0 Å². The summed E-state index contributed by atoms with van der Waals surface area (Å²) in [4.78, 5) is 14.7. The Kier molecular flexibility index (Phi) is 7.14. The molecule has 0 N–H and O–H groups in total. The molecule has 0 radical (unpaired) electrons. The van der Waals surface area contributed by atoms with Crippen molar-refractivity contribution >= 4 is 32.3 Å². The lowest BCUT2D eigenvalue weighted by atomic mass is 9.90. The topological polar surface area (TPSA) is 38.7 Å². The lowest BCUT2D eigenvalue weighted by molar-refractivity contribution is 1.18. The Bertz CT molecular complexity index is 2760. The van der Waals surface area contributed by atoms with Gasteiger partial charge in [0.2, 0.25) is 0 Å².